The minimum Gasteiger partial charge on any atom is -0.487 e. The molecule has 1 aliphatic heterocycles. The van der Waals surface area contributed by atoms with Gasteiger partial charge in [-0.1, -0.05) is 0 Å². The molecule has 1 aromatic carbocycles. The molecule has 0 bridgehead atoms. The number of hydrogen-bond acceptors (Lipinski definition) is 2. The monoisotopic (exact) mass is 206 g/mol. The minimum atomic E-state index is -0.400. The molecule has 1 N–H and O–H groups in total. The summed E-state index contributed by atoms with van der Waals surface area (Å²) in [6.07, 6.45) is 0.255. The van der Waals surface area contributed by atoms with E-state index in [4.69, 9.17) is 4.74 Å². The number of aliphatic hydroxyl groups is 1. The highest BCUT2D eigenvalue weighted by Crippen LogP contribution is 2.40. The van der Waals surface area contributed by atoms with Crippen LogP contribution in [0.4, 0.5) is 0 Å². The second-order valence-electron chi connectivity index (χ2n) is 5.06. The van der Waals surface area contributed by atoms with Gasteiger partial charge < -0.3 is 9.84 Å². The minimum absolute atomic E-state index is 0.270. The number of aliphatic hydroxyl groups excluding tert-OH is 1. The number of aryl methyl sites for hydroxylation is 2. The van der Waals surface area contributed by atoms with Gasteiger partial charge in [0.1, 0.15) is 11.4 Å². The second kappa shape index (κ2) is 3.24. The Morgan fingerprint density at radius 3 is 2.53 bits per heavy atom. The van der Waals surface area contributed by atoms with E-state index in [2.05, 4.69) is 13.8 Å². The lowest BCUT2D eigenvalue weighted by molar-refractivity contribution is 0.0114. The van der Waals surface area contributed by atoms with Crippen LogP contribution in [0.2, 0.25) is 0 Å². The molecule has 1 aromatic rings. The lowest BCUT2D eigenvalue weighted by atomic mass is 9.90. The summed E-state index contributed by atoms with van der Waals surface area (Å²) in [5, 5.41) is 10.0. The highest BCUT2D eigenvalue weighted by atomic mass is 16.5. The van der Waals surface area contributed by atoms with Crippen LogP contribution in [0.5, 0.6) is 5.75 Å². The molecule has 2 rings (SSSR count). The van der Waals surface area contributed by atoms with E-state index < -0.39 is 6.10 Å². The molecule has 0 saturated heterocycles. The summed E-state index contributed by atoms with van der Waals surface area (Å²) in [5.74, 6) is 0.835. The summed E-state index contributed by atoms with van der Waals surface area (Å²) in [4.78, 5) is 0. The summed E-state index contributed by atoms with van der Waals surface area (Å²) in [6.45, 7) is 8.14. The average molecular weight is 206 g/mol. The summed E-state index contributed by atoms with van der Waals surface area (Å²) < 4.78 is 5.87. The lowest BCUT2D eigenvalue weighted by Crippen LogP contribution is -2.34. The van der Waals surface area contributed by atoms with Gasteiger partial charge in [-0.2, -0.15) is 0 Å². The smallest absolute Gasteiger partial charge is 0.126 e. The first-order chi connectivity index (χ1) is 6.89. The third-order valence-corrected chi connectivity index (χ3v) is 3.06. The van der Waals surface area contributed by atoms with E-state index in [1.807, 2.05) is 26.0 Å². The molecule has 15 heavy (non-hydrogen) atoms. The molecule has 1 heterocycles. The normalized spacial score (nSPS) is 23.1. The predicted octanol–water partition coefficient (Wildman–Crippen LogP) is 2.90. The first-order valence-electron chi connectivity index (χ1n) is 5.37. The Balaban J connectivity index is 2.51. The van der Waals surface area contributed by atoms with Crippen molar-refractivity contribution in [3.8, 4) is 5.75 Å². The van der Waals surface area contributed by atoms with Gasteiger partial charge >= 0.3 is 0 Å². The standard InChI is InChI=1S/C13H18O2/c1-8-5-10-11(14)7-13(3,4)15-12(10)6-9(8)2/h5-6,11,14H,7H2,1-4H3. The van der Waals surface area contributed by atoms with Crippen molar-refractivity contribution in [1.82, 2.24) is 0 Å². The van der Waals surface area contributed by atoms with Crippen molar-refractivity contribution in [2.45, 2.75) is 45.8 Å². The molecule has 1 atom stereocenters. The van der Waals surface area contributed by atoms with E-state index in [1.54, 1.807) is 0 Å². The number of ether oxygens (including phenoxy) is 1. The second-order valence-corrected chi connectivity index (χ2v) is 5.06. The highest BCUT2D eigenvalue weighted by Gasteiger charge is 2.32. The van der Waals surface area contributed by atoms with Gasteiger partial charge in [-0.05, 0) is 51.0 Å². The Kier molecular flexibility index (Phi) is 2.27. The molecule has 0 radical (unpaired) electrons. The van der Waals surface area contributed by atoms with Gasteiger partial charge in [-0.25, -0.2) is 0 Å². The number of rotatable bonds is 0. The van der Waals surface area contributed by atoms with Crippen LogP contribution in [-0.4, -0.2) is 10.7 Å². The van der Waals surface area contributed by atoms with Crippen LogP contribution < -0.4 is 4.74 Å². The van der Waals surface area contributed by atoms with Crippen LogP contribution in [0.1, 0.15) is 43.1 Å². The first-order valence-corrected chi connectivity index (χ1v) is 5.37. The zero-order valence-corrected chi connectivity index (χ0v) is 9.79. The fourth-order valence-corrected chi connectivity index (χ4v) is 2.08. The first kappa shape index (κ1) is 10.5. The number of benzene rings is 1. The number of hydrogen-bond donors (Lipinski definition) is 1. The van der Waals surface area contributed by atoms with E-state index in [1.165, 1.54) is 11.1 Å². The Bertz CT molecular complexity index is 394. The van der Waals surface area contributed by atoms with Crippen LogP contribution in [0.25, 0.3) is 0 Å². The molecule has 1 aliphatic rings. The van der Waals surface area contributed by atoms with Crippen molar-refractivity contribution in [1.29, 1.82) is 0 Å². The molecular weight excluding hydrogens is 188 g/mol. The fourth-order valence-electron chi connectivity index (χ4n) is 2.08. The quantitative estimate of drug-likeness (QED) is 0.707. The van der Waals surface area contributed by atoms with Gasteiger partial charge in [0.15, 0.2) is 0 Å². The fraction of sp³-hybridized carbons (Fsp3) is 0.538. The van der Waals surface area contributed by atoms with Crippen LogP contribution in [0.3, 0.4) is 0 Å². The molecule has 0 saturated carbocycles. The van der Waals surface area contributed by atoms with E-state index >= 15 is 0 Å². The summed E-state index contributed by atoms with van der Waals surface area (Å²) in [6, 6.07) is 4.05. The van der Waals surface area contributed by atoms with Gasteiger partial charge in [-0.3, -0.25) is 0 Å². The third kappa shape index (κ3) is 1.86. The highest BCUT2D eigenvalue weighted by molar-refractivity contribution is 5.44. The lowest BCUT2D eigenvalue weighted by Gasteiger charge is -2.36. The van der Waals surface area contributed by atoms with Crippen LogP contribution in [0.15, 0.2) is 12.1 Å². The molecule has 82 valence electrons. The van der Waals surface area contributed by atoms with Crippen LogP contribution in [-0.2, 0) is 0 Å². The summed E-state index contributed by atoms with van der Waals surface area (Å²) >= 11 is 0. The van der Waals surface area contributed by atoms with Crippen molar-refractivity contribution >= 4 is 0 Å². The summed E-state index contributed by atoms with van der Waals surface area (Å²) in [7, 11) is 0. The Morgan fingerprint density at radius 2 is 1.87 bits per heavy atom. The van der Waals surface area contributed by atoms with Crippen molar-refractivity contribution in [2.75, 3.05) is 0 Å². The number of fused-ring (bicyclic) bond motifs is 1. The molecule has 0 aromatic heterocycles. The van der Waals surface area contributed by atoms with E-state index in [-0.39, 0.29) is 5.60 Å². The van der Waals surface area contributed by atoms with E-state index in [0.29, 0.717) is 6.42 Å². The molecule has 2 heteroatoms. The van der Waals surface area contributed by atoms with Gasteiger partial charge in [0.2, 0.25) is 0 Å². The van der Waals surface area contributed by atoms with Crippen molar-refractivity contribution in [2.24, 2.45) is 0 Å². The van der Waals surface area contributed by atoms with Crippen LogP contribution in [0, 0.1) is 13.8 Å². The maximum Gasteiger partial charge on any atom is 0.126 e. The van der Waals surface area contributed by atoms with Gasteiger partial charge in [0.05, 0.1) is 6.10 Å². The van der Waals surface area contributed by atoms with Crippen molar-refractivity contribution in [3.05, 3.63) is 28.8 Å². The largest absolute Gasteiger partial charge is 0.487 e. The molecular formula is C13H18O2. The topological polar surface area (TPSA) is 29.5 Å². The van der Waals surface area contributed by atoms with Crippen molar-refractivity contribution < 1.29 is 9.84 Å². The van der Waals surface area contributed by atoms with Crippen LogP contribution >= 0.6 is 0 Å². The predicted molar refractivity (Wildman–Crippen MR) is 60.2 cm³/mol. The van der Waals surface area contributed by atoms with Gasteiger partial charge in [0.25, 0.3) is 0 Å². The maximum atomic E-state index is 10.0. The SMILES string of the molecule is Cc1cc2c(cc1C)C(O)CC(C)(C)O2. The summed E-state index contributed by atoms with van der Waals surface area (Å²) in [5.41, 5.74) is 3.07. The zero-order valence-electron chi connectivity index (χ0n) is 9.79. The third-order valence-electron chi connectivity index (χ3n) is 3.06. The molecule has 0 amide bonds. The van der Waals surface area contributed by atoms with Gasteiger partial charge in [0, 0.05) is 12.0 Å². The molecule has 0 aliphatic carbocycles. The molecule has 1 unspecified atom stereocenters. The maximum absolute atomic E-state index is 10.0. The Hall–Kier alpha value is -1.02. The van der Waals surface area contributed by atoms with Crippen molar-refractivity contribution in [3.63, 3.8) is 0 Å². The van der Waals surface area contributed by atoms with E-state index in [9.17, 15) is 5.11 Å². The zero-order chi connectivity index (χ0) is 11.2. The molecule has 2 nitrogen and oxygen atoms in total. The Labute approximate surface area is 90.9 Å². The molecule has 0 fully saturated rings. The van der Waals surface area contributed by atoms with E-state index in [0.717, 1.165) is 11.3 Å². The van der Waals surface area contributed by atoms with Gasteiger partial charge in [-0.15, -0.1) is 0 Å². The average Bonchev–Trinajstić information content (AvgIpc) is 2.07. The molecule has 0 spiro atoms. The Morgan fingerprint density at radius 1 is 1.27 bits per heavy atom.